The number of carbonyl (C=O) groups is 1. The van der Waals surface area contributed by atoms with Gasteiger partial charge < -0.3 is 0 Å². The van der Waals surface area contributed by atoms with Crippen molar-refractivity contribution in [1.29, 1.82) is 0 Å². The van der Waals surface area contributed by atoms with Gasteiger partial charge in [0, 0.05) is 12.8 Å². The van der Waals surface area contributed by atoms with Crippen molar-refractivity contribution in [2.24, 2.45) is 29.1 Å². The van der Waals surface area contributed by atoms with Gasteiger partial charge in [0.1, 0.15) is 5.78 Å². The highest BCUT2D eigenvalue weighted by Gasteiger charge is 2.51. The lowest BCUT2D eigenvalue weighted by Gasteiger charge is -2.45. The van der Waals surface area contributed by atoms with Gasteiger partial charge in [-0.15, -0.1) is 0 Å². The lowest BCUT2D eigenvalue weighted by molar-refractivity contribution is -0.118. The smallest absolute Gasteiger partial charge is 0.137 e. The van der Waals surface area contributed by atoms with E-state index in [-0.39, 0.29) is 0 Å². The molecule has 1 aromatic carbocycles. The van der Waals surface area contributed by atoms with E-state index < -0.39 is 0 Å². The van der Waals surface area contributed by atoms with Crippen LogP contribution in [0.4, 0.5) is 0 Å². The van der Waals surface area contributed by atoms with Crippen LogP contribution in [0.15, 0.2) is 6.07 Å². The Morgan fingerprint density at radius 3 is 2.52 bits per heavy atom. The third-order valence-corrected chi connectivity index (χ3v) is 9.62. The molecule has 0 heterocycles. The molecule has 1 heteroatoms. The Balaban J connectivity index is 1.58. The number of ketones is 1. The van der Waals surface area contributed by atoms with Gasteiger partial charge in [0.15, 0.2) is 0 Å². The van der Waals surface area contributed by atoms with Gasteiger partial charge in [-0.25, -0.2) is 0 Å². The van der Waals surface area contributed by atoms with E-state index in [4.69, 9.17) is 0 Å². The van der Waals surface area contributed by atoms with Crippen LogP contribution in [0.25, 0.3) is 0 Å². The Kier molecular flexibility index (Phi) is 5.73. The normalized spacial score (nSPS) is 30.7. The highest BCUT2D eigenvalue weighted by Crippen LogP contribution is 2.61. The molecular weight excluding hydrogens is 352 g/mol. The zero-order chi connectivity index (χ0) is 20.9. The summed E-state index contributed by atoms with van der Waals surface area (Å²) in [6.45, 7) is 14.7. The summed E-state index contributed by atoms with van der Waals surface area (Å²) in [4.78, 5) is 12.0. The summed E-state index contributed by atoms with van der Waals surface area (Å²) in [5.41, 5.74) is 8.10. The highest BCUT2D eigenvalue weighted by atomic mass is 16.1. The van der Waals surface area contributed by atoms with Crippen molar-refractivity contribution >= 4 is 5.78 Å². The topological polar surface area (TPSA) is 17.1 Å². The Morgan fingerprint density at radius 2 is 1.79 bits per heavy atom. The van der Waals surface area contributed by atoms with Crippen LogP contribution >= 0.6 is 0 Å². The summed E-state index contributed by atoms with van der Waals surface area (Å²) in [6.07, 6.45) is 10.5. The third-order valence-electron chi connectivity index (χ3n) is 9.62. The van der Waals surface area contributed by atoms with Crippen molar-refractivity contribution < 1.29 is 4.79 Å². The van der Waals surface area contributed by atoms with Crippen LogP contribution in [0.5, 0.6) is 0 Å². The van der Waals surface area contributed by atoms with E-state index in [0.717, 1.165) is 42.4 Å². The molecule has 0 aromatic heterocycles. The highest BCUT2D eigenvalue weighted by molar-refractivity contribution is 5.84. The molecule has 0 spiro atoms. The molecule has 1 nitrogen and oxygen atoms in total. The monoisotopic (exact) mass is 394 g/mol. The molecule has 0 amide bonds. The van der Waals surface area contributed by atoms with E-state index >= 15 is 0 Å². The van der Waals surface area contributed by atoms with E-state index in [1.807, 2.05) is 0 Å². The van der Waals surface area contributed by atoms with Crippen LogP contribution in [0.1, 0.15) is 107 Å². The molecule has 1 saturated carbocycles. The lowest BCUT2D eigenvalue weighted by Crippen LogP contribution is -2.36. The molecule has 0 bridgehead atoms. The number of rotatable bonds is 5. The van der Waals surface area contributed by atoms with E-state index in [1.165, 1.54) is 55.2 Å². The zero-order valence-electron chi connectivity index (χ0n) is 19.7. The first-order valence-electron chi connectivity index (χ1n) is 12.4. The van der Waals surface area contributed by atoms with Crippen LogP contribution < -0.4 is 0 Å². The first-order valence-corrected chi connectivity index (χ1v) is 12.4. The van der Waals surface area contributed by atoms with Gasteiger partial charge in [0.25, 0.3) is 0 Å². The second-order valence-electron chi connectivity index (χ2n) is 11.4. The maximum atomic E-state index is 12.0. The fourth-order valence-electron chi connectivity index (χ4n) is 7.20. The predicted octanol–water partition coefficient (Wildman–Crippen LogP) is 7.21. The maximum Gasteiger partial charge on any atom is 0.137 e. The molecule has 160 valence electrons. The van der Waals surface area contributed by atoms with Crippen molar-refractivity contribution in [3.8, 4) is 0 Å². The second kappa shape index (κ2) is 7.86. The van der Waals surface area contributed by atoms with Crippen LogP contribution in [-0.4, -0.2) is 5.78 Å². The molecule has 5 atom stereocenters. The quantitative estimate of drug-likeness (QED) is 0.516. The van der Waals surface area contributed by atoms with Gasteiger partial charge in [-0.3, -0.25) is 4.79 Å². The number of carbonyl (C=O) groups excluding carboxylic acids is 1. The number of hydrogen-bond donors (Lipinski definition) is 0. The van der Waals surface area contributed by atoms with E-state index in [0.29, 0.717) is 17.6 Å². The SMILES string of the molecule is Cc1c2c(cc3c1CCC1(C)C3CCC1C(C)CCC(C)C(C)C)CCC(=O)C2. The summed E-state index contributed by atoms with van der Waals surface area (Å²) in [6, 6.07) is 2.56. The minimum absolute atomic E-state index is 0.437. The van der Waals surface area contributed by atoms with Gasteiger partial charge in [-0.2, -0.15) is 0 Å². The van der Waals surface area contributed by atoms with E-state index in [1.54, 1.807) is 11.1 Å². The standard InChI is InChI=1S/C28H42O/c1-17(2)18(3)7-8-19(4)26-11-12-27-25-15-21-9-10-22(29)16-24(21)20(5)23(25)13-14-28(26,27)6/h15,17-19,26-27H,7-14,16H2,1-6H3. The summed E-state index contributed by atoms with van der Waals surface area (Å²) in [5.74, 6) is 4.53. The molecule has 0 saturated heterocycles. The molecule has 0 N–H and O–H groups in total. The minimum Gasteiger partial charge on any atom is -0.299 e. The molecule has 3 aliphatic carbocycles. The first-order chi connectivity index (χ1) is 13.7. The molecule has 3 aliphatic rings. The van der Waals surface area contributed by atoms with Crippen molar-refractivity contribution in [2.75, 3.05) is 0 Å². The first kappa shape index (κ1) is 21.1. The molecule has 1 aromatic rings. The largest absolute Gasteiger partial charge is 0.299 e. The molecule has 4 rings (SSSR count). The molecule has 5 unspecified atom stereocenters. The van der Waals surface area contributed by atoms with Crippen LogP contribution in [0, 0.1) is 36.0 Å². The minimum atomic E-state index is 0.437. The van der Waals surface area contributed by atoms with Gasteiger partial charge in [-0.1, -0.05) is 53.5 Å². The average Bonchev–Trinajstić information content (AvgIpc) is 3.04. The molecule has 29 heavy (non-hydrogen) atoms. The second-order valence-corrected chi connectivity index (χ2v) is 11.4. The maximum absolute atomic E-state index is 12.0. The van der Waals surface area contributed by atoms with Crippen molar-refractivity contribution in [3.05, 3.63) is 33.9 Å². The van der Waals surface area contributed by atoms with Gasteiger partial charge in [0.05, 0.1) is 0 Å². The number of hydrogen-bond acceptors (Lipinski definition) is 1. The summed E-state index contributed by atoms with van der Waals surface area (Å²) in [5, 5.41) is 0. The van der Waals surface area contributed by atoms with Crippen LogP contribution in [0.3, 0.4) is 0 Å². The predicted molar refractivity (Wildman–Crippen MR) is 123 cm³/mol. The molecular formula is C28H42O. The summed E-state index contributed by atoms with van der Waals surface area (Å²) < 4.78 is 0. The Labute approximate surface area is 179 Å². The average molecular weight is 395 g/mol. The Hall–Kier alpha value is -1.11. The van der Waals surface area contributed by atoms with Gasteiger partial charge >= 0.3 is 0 Å². The number of benzene rings is 1. The van der Waals surface area contributed by atoms with Crippen molar-refractivity contribution in [3.63, 3.8) is 0 Å². The number of fused-ring (bicyclic) bond motifs is 4. The Bertz CT molecular complexity index is 788. The molecule has 0 aliphatic heterocycles. The van der Waals surface area contributed by atoms with Crippen LogP contribution in [-0.2, 0) is 24.1 Å². The molecule has 0 radical (unpaired) electrons. The van der Waals surface area contributed by atoms with Gasteiger partial charge in [0.2, 0.25) is 0 Å². The Morgan fingerprint density at radius 1 is 1.03 bits per heavy atom. The fraction of sp³-hybridized carbons (Fsp3) is 0.750. The van der Waals surface area contributed by atoms with E-state index in [9.17, 15) is 4.79 Å². The zero-order valence-corrected chi connectivity index (χ0v) is 19.7. The summed E-state index contributed by atoms with van der Waals surface area (Å²) in [7, 11) is 0. The van der Waals surface area contributed by atoms with Gasteiger partial charge in [-0.05, 0) is 102 Å². The number of aryl methyl sites for hydroxylation is 1. The molecule has 1 fully saturated rings. The van der Waals surface area contributed by atoms with Crippen molar-refractivity contribution in [1.82, 2.24) is 0 Å². The third kappa shape index (κ3) is 3.61. The van der Waals surface area contributed by atoms with Crippen LogP contribution in [0.2, 0.25) is 0 Å². The summed E-state index contributed by atoms with van der Waals surface area (Å²) >= 11 is 0. The van der Waals surface area contributed by atoms with Crippen molar-refractivity contribution in [2.45, 2.75) is 105 Å². The number of Topliss-reactive ketones (excluding diaryl/α,β-unsaturated/α-hetero) is 1. The lowest BCUT2D eigenvalue weighted by atomic mass is 9.59. The fourth-order valence-corrected chi connectivity index (χ4v) is 7.20. The van der Waals surface area contributed by atoms with E-state index in [2.05, 4.69) is 47.6 Å².